The molecule has 0 unspecified atom stereocenters. The van der Waals surface area contributed by atoms with E-state index in [1.165, 1.54) is 0 Å². The third-order valence-corrected chi connectivity index (χ3v) is 30.9. The van der Waals surface area contributed by atoms with E-state index in [4.69, 9.17) is 27.2 Å². The SMILES string of the molecule is CC[C@H](C)[C@H](C[C@@H](CC(=O)O)O[Si](C)(C)C(C)(C)C)O[C@@H]1O[C@@H](CO[Si](C)(C)C(C)(C)C)[C@H](O[Si](C)(C)C(C)(C)C)[C@H]1O[Si](C)(C)C(C)(C)C. The highest BCUT2D eigenvalue weighted by Gasteiger charge is 2.55. The molecule has 1 heterocycles. The Hall–Kier alpha value is 0.0975. The van der Waals surface area contributed by atoms with Crippen molar-refractivity contribution >= 4 is 39.2 Å². The smallest absolute Gasteiger partial charge is 0.305 e. The predicted octanol–water partition coefficient (Wildman–Crippen LogP) is 11.2. The minimum atomic E-state index is -2.34. The summed E-state index contributed by atoms with van der Waals surface area (Å²) < 4.78 is 42.3. The Morgan fingerprint density at radius 1 is 0.700 bits per heavy atom. The van der Waals surface area contributed by atoms with E-state index >= 15 is 0 Å². The molecule has 0 bridgehead atoms. The van der Waals surface area contributed by atoms with Crippen LogP contribution in [0, 0.1) is 5.92 Å². The standard InChI is InChI=1S/C38H82O8Si4/c1-23-27(2)29(24-28(25-31(39)40)44-48(17,18)36(6,7)8)42-34-33(46-50(21,22)38(12,13)14)32(45-49(19,20)37(9,10)11)30(43-34)26-41-47(15,16)35(3,4)5/h27-30,32-34H,23-26H2,1-22H3,(H,39,40)/t27-,28-,29-,30-,32-,33+,34+/m0/s1. The van der Waals surface area contributed by atoms with E-state index in [1.807, 2.05) is 0 Å². The van der Waals surface area contributed by atoms with E-state index in [0.29, 0.717) is 13.0 Å². The van der Waals surface area contributed by atoms with Gasteiger partial charge in [-0.15, -0.1) is 0 Å². The number of carbonyl (C=O) groups is 1. The second-order valence-corrected chi connectivity index (χ2v) is 40.3. The fraction of sp³-hybridized carbons (Fsp3) is 0.974. The van der Waals surface area contributed by atoms with Crippen LogP contribution in [0.5, 0.6) is 0 Å². The molecule has 0 saturated carbocycles. The minimum Gasteiger partial charge on any atom is -0.481 e. The Bertz CT molecular complexity index is 1080. The number of hydrogen-bond donors (Lipinski definition) is 1. The molecule has 0 aliphatic carbocycles. The van der Waals surface area contributed by atoms with Gasteiger partial charge < -0.3 is 32.3 Å². The van der Waals surface area contributed by atoms with Crippen LogP contribution in [-0.4, -0.2) is 87.8 Å². The van der Waals surface area contributed by atoms with Crippen molar-refractivity contribution in [3.8, 4) is 0 Å². The lowest BCUT2D eigenvalue weighted by Crippen LogP contribution is -2.55. The van der Waals surface area contributed by atoms with Gasteiger partial charge in [0.1, 0.15) is 18.3 Å². The second kappa shape index (κ2) is 16.9. The van der Waals surface area contributed by atoms with Crippen LogP contribution in [0.4, 0.5) is 0 Å². The lowest BCUT2D eigenvalue weighted by Gasteiger charge is -2.44. The van der Waals surface area contributed by atoms with Gasteiger partial charge in [0.2, 0.25) is 0 Å². The van der Waals surface area contributed by atoms with Crippen molar-refractivity contribution in [2.75, 3.05) is 6.61 Å². The molecule has 1 rings (SSSR count). The molecule has 0 radical (unpaired) electrons. The van der Waals surface area contributed by atoms with Crippen molar-refractivity contribution in [3.05, 3.63) is 0 Å². The van der Waals surface area contributed by atoms with Crippen LogP contribution < -0.4 is 0 Å². The first kappa shape index (κ1) is 48.1. The molecule has 1 saturated heterocycles. The van der Waals surface area contributed by atoms with E-state index in [2.05, 4.69) is 149 Å². The van der Waals surface area contributed by atoms with Crippen LogP contribution in [0.3, 0.4) is 0 Å². The summed E-state index contributed by atoms with van der Waals surface area (Å²) in [4.78, 5) is 12.2. The summed E-state index contributed by atoms with van der Waals surface area (Å²) in [6.45, 7) is 49.6. The number of rotatable bonds is 17. The summed E-state index contributed by atoms with van der Waals surface area (Å²) in [5, 5.41) is 9.89. The molecule has 1 fully saturated rings. The van der Waals surface area contributed by atoms with Gasteiger partial charge in [-0.2, -0.15) is 0 Å². The maximum Gasteiger partial charge on any atom is 0.305 e. The van der Waals surface area contributed by atoms with Crippen molar-refractivity contribution in [3.63, 3.8) is 0 Å². The van der Waals surface area contributed by atoms with E-state index in [9.17, 15) is 9.90 Å². The quantitative estimate of drug-likeness (QED) is 0.146. The summed E-state index contributed by atoms with van der Waals surface area (Å²) in [7, 11) is -9.02. The van der Waals surface area contributed by atoms with E-state index in [-0.39, 0.29) is 50.8 Å². The first-order valence-corrected chi connectivity index (χ1v) is 30.8. The summed E-state index contributed by atoms with van der Waals surface area (Å²) in [5.74, 6) is -0.729. The van der Waals surface area contributed by atoms with Gasteiger partial charge in [-0.1, -0.05) is 103 Å². The van der Waals surface area contributed by atoms with Gasteiger partial charge in [-0.05, 0) is 84.9 Å². The molecule has 50 heavy (non-hydrogen) atoms. The minimum absolute atomic E-state index is 0.0251. The summed E-state index contributed by atoms with van der Waals surface area (Å²) >= 11 is 0. The van der Waals surface area contributed by atoms with Gasteiger partial charge in [0.05, 0.1) is 25.2 Å². The molecular formula is C38H82O8Si4. The third kappa shape index (κ3) is 12.9. The Labute approximate surface area is 313 Å². The predicted molar refractivity (Wildman–Crippen MR) is 219 cm³/mol. The summed E-state index contributed by atoms with van der Waals surface area (Å²) in [6.07, 6.45) is -1.47. The first-order valence-electron chi connectivity index (χ1n) is 19.2. The van der Waals surface area contributed by atoms with Gasteiger partial charge in [0, 0.05) is 0 Å². The zero-order valence-electron chi connectivity index (χ0n) is 36.7. The normalized spacial score (nSPS) is 24.0. The average molecular weight is 779 g/mol. The monoisotopic (exact) mass is 779 g/mol. The van der Waals surface area contributed by atoms with Crippen molar-refractivity contribution in [1.82, 2.24) is 0 Å². The zero-order chi connectivity index (χ0) is 39.7. The van der Waals surface area contributed by atoms with Crippen molar-refractivity contribution in [1.29, 1.82) is 0 Å². The van der Waals surface area contributed by atoms with Crippen molar-refractivity contribution in [2.24, 2.45) is 5.92 Å². The zero-order valence-corrected chi connectivity index (χ0v) is 40.7. The topological polar surface area (TPSA) is 92.7 Å². The number of carboxylic acids is 1. The molecule has 8 nitrogen and oxygen atoms in total. The fourth-order valence-corrected chi connectivity index (χ4v) is 9.80. The molecule has 12 heteroatoms. The maximum absolute atomic E-state index is 12.2. The number of ether oxygens (including phenoxy) is 2. The maximum atomic E-state index is 12.2. The van der Waals surface area contributed by atoms with Crippen LogP contribution in [-0.2, 0) is 32.0 Å². The Kier molecular flexibility index (Phi) is 16.2. The Morgan fingerprint density at radius 3 is 1.50 bits per heavy atom. The first-order chi connectivity index (χ1) is 22.0. The number of aliphatic carboxylic acids is 1. The summed E-state index contributed by atoms with van der Waals surface area (Å²) in [5.41, 5.74) is 0. The van der Waals surface area contributed by atoms with Crippen molar-refractivity contribution < 1.29 is 37.1 Å². The molecule has 0 amide bonds. The molecule has 1 N–H and O–H groups in total. The molecule has 1 aliphatic heterocycles. The highest BCUT2D eigenvalue weighted by Crippen LogP contribution is 2.46. The molecular weight excluding hydrogens is 697 g/mol. The highest BCUT2D eigenvalue weighted by atomic mass is 28.4. The van der Waals surface area contributed by atoms with Gasteiger partial charge in [0.15, 0.2) is 39.6 Å². The third-order valence-electron chi connectivity index (χ3n) is 12.9. The molecule has 0 aromatic heterocycles. The molecule has 298 valence electrons. The van der Waals surface area contributed by atoms with E-state index in [0.717, 1.165) is 6.42 Å². The molecule has 0 aromatic rings. The van der Waals surface area contributed by atoms with E-state index in [1.54, 1.807) is 0 Å². The largest absolute Gasteiger partial charge is 0.481 e. The van der Waals surface area contributed by atoms with Gasteiger partial charge >= 0.3 is 5.97 Å². The second-order valence-electron chi connectivity index (χ2n) is 21.2. The van der Waals surface area contributed by atoms with Crippen LogP contribution in [0.2, 0.25) is 72.5 Å². The number of carboxylic acid groups (broad SMARTS) is 1. The lowest BCUT2D eigenvalue weighted by atomic mass is 9.95. The Morgan fingerprint density at radius 2 is 1.12 bits per heavy atom. The average Bonchev–Trinajstić information content (AvgIpc) is 3.17. The van der Waals surface area contributed by atoms with Gasteiger partial charge in [-0.3, -0.25) is 4.79 Å². The molecule has 0 spiro atoms. The van der Waals surface area contributed by atoms with Crippen LogP contribution in [0.15, 0.2) is 0 Å². The van der Waals surface area contributed by atoms with Crippen LogP contribution >= 0.6 is 0 Å². The lowest BCUT2D eigenvalue weighted by molar-refractivity contribution is -0.205. The highest BCUT2D eigenvalue weighted by molar-refractivity contribution is 6.75. The number of hydrogen-bond acceptors (Lipinski definition) is 7. The van der Waals surface area contributed by atoms with Crippen LogP contribution in [0.1, 0.15) is 116 Å². The van der Waals surface area contributed by atoms with E-state index < -0.39 is 57.7 Å². The summed E-state index contributed by atoms with van der Waals surface area (Å²) in [6, 6.07) is 0. The molecule has 7 atom stereocenters. The van der Waals surface area contributed by atoms with Crippen LogP contribution in [0.25, 0.3) is 0 Å². The molecule has 1 aliphatic rings. The fourth-order valence-electron chi connectivity index (χ4n) is 4.82. The Balaban J connectivity index is 3.80. The van der Waals surface area contributed by atoms with Crippen molar-refractivity contribution in [2.45, 2.75) is 226 Å². The molecule has 0 aromatic carbocycles. The van der Waals surface area contributed by atoms with Gasteiger partial charge in [-0.25, -0.2) is 0 Å². The van der Waals surface area contributed by atoms with Gasteiger partial charge in [0.25, 0.3) is 0 Å².